The van der Waals surface area contributed by atoms with E-state index in [1.165, 1.54) is 0 Å². The molecule has 1 heterocycles. The Morgan fingerprint density at radius 1 is 1.40 bits per heavy atom. The van der Waals surface area contributed by atoms with Crippen molar-refractivity contribution in [3.05, 3.63) is 34.9 Å². The van der Waals surface area contributed by atoms with Gasteiger partial charge >= 0.3 is 0 Å². The number of benzene rings is 1. The molecule has 2 rings (SSSR count). The van der Waals surface area contributed by atoms with Gasteiger partial charge in [-0.05, 0) is 37.5 Å². The minimum Gasteiger partial charge on any atom is -0.393 e. The minimum absolute atomic E-state index is 0.0380. The molecule has 3 unspecified atom stereocenters. The maximum Gasteiger partial charge on any atom is 0.225 e. The summed E-state index contributed by atoms with van der Waals surface area (Å²) in [5, 5.41) is 10.3. The summed E-state index contributed by atoms with van der Waals surface area (Å²) in [7, 11) is 0. The Kier molecular flexibility index (Phi) is 5.06. The smallest absolute Gasteiger partial charge is 0.225 e. The van der Waals surface area contributed by atoms with Crippen LogP contribution in [-0.4, -0.2) is 35.1 Å². The number of carbonyl (C=O) groups excluding carboxylic acids is 1. The van der Waals surface area contributed by atoms with Gasteiger partial charge in [0.15, 0.2) is 0 Å². The predicted molar refractivity (Wildman–Crippen MR) is 80.7 cm³/mol. The van der Waals surface area contributed by atoms with Gasteiger partial charge in [0, 0.05) is 29.9 Å². The second kappa shape index (κ2) is 6.59. The molecule has 0 aliphatic carbocycles. The number of aliphatic hydroxyl groups is 1. The third-order valence-electron chi connectivity index (χ3n) is 4.10. The van der Waals surface area contributed by atoms with Crippen LogP contribution in [0.2, 0.25) is 5.02 Å². The van der Waals surface area contributed by atoms with Gasteiger partial charge in [-0.15, -0.1) is 0 Å². The molecule has 1 aliphatic rings. The summed E-state index contributed by atoms with van der Waals surface area (Å²) in [6, 6.07) is 7.64. The van der Waals surface area contributed by atoms with Crippen LogP contribution in [0.15, 0.2) is 24.3 Å². The summed E-state index contributed by atoms with van der Waals surface area (Å²) in [4.78, 5) is 14.3. The van der Waals surface area contributed by atoms with Crippen molar-refractivity contribution < 1.29 is 9.90 Å². The second-order valence-corrected chi connectivity index (χ2v) is 6.24. The number of aliphatic hydroxyl groups excluding tert-OH is 1. The molecule has 1 amide bonds. The average molecular weight is 296 g/mol. The number of rotatable bonds is 4. The fourth-order valence-electron chi connectivity index (χ4n) is 2.75. The van der Waals surface area contributed by atoms with E-state index in [0.29, 0.717) is 11.6 Å². The monoisotopic (exact) mass is 295 g/mol. The minimum atomic E-state index is -0.334. The first-order valence-corrected chi connectivity index (χ1v) is 7.56. The van der Waals surface area contributed by atoms with Crippen LogP contribution in [0, 0.1) is 11.8 Å². The normalized spacial score (nSPS) is 21.8. The highest BCUT2D eigenvalue weighted by Gasteiger charge is 2.31. The maximum absolute atomic E-state index is 12.4. The van der Waals surface area contributed by atoms with Gasteiger partial charge in [0.25, 0.3) is 0 Å². The molecule has 0 saturated carbocycles. The van der Waals surface area contributed by atoms with Crippen LogP contribution in [0.3, 0.4) is 0 Å². The van der Waals surface area contributed by atoms with E-state index >= 15 is 0 Å². The highest BCUT2D eigenvalue weighted by Crippen LogP contribution is 2.22. The molecule has 1 aliphatic heterocycles. The third-order valence-corrected chi connectivity index (χ3v) is 4.35. The zero-order valence-corrected chi connectivity index (χ0v) is 12.8. The van der Waals surface area contributed by atoms with Crippen molar-refractivity contribution in [3.8, 4) is 0 Å². The molecule has 20 heavy (non-hydrogen) atoms. The first-order valence-electron chi connectivity index (χ1n) is 7.18. The molecule has 110 valence electrons. The number of likely N-dealkylation sites (tertiary alicyclic amines) is 1. The summed E-state index contributed by atoms with van der Waals surface area (Å²) >= 11 is 5.86. The van der Waals surface area contributed by atoms with E-state index in [-0.39, 0.29) is 23.8 Å². The molecular weight excluding hydrogens is 274 g/mol. The lowest BCUT2D eigenvalue weighted by molar-refractivity contribution is -0.134. The van der Waals surface area contributed by atoms with Gasteiger partial charge in [-0.3, -0.25) is 4.79 Å². The molecule has 1 saturated heterocycles. The molecule has 1 aromatic rings. The van der Waals surface area contributed by atoms with E-state index in [1.54, 1.807) is 6.92 Å². The topological polar surface area (TPSA) is 40.5 Å². The van der Waals surface area contributed by atoms with Crippen LogP contribution >= 0.6 is 11.6 Å². The number of carbonyl (C=O) groups is 1. The Morgan fingerprint density at radius 3 is 2.60 bits per heavy atom. The van der Waals surface area contributed by atoms with Crippen LogP contribution in [0.1, 0.15) is 25.8 Å². The number of nitrogens with zero attached hydrogens (tertiary/aromatic N) is 1. The second-order valence-electron chi connectivity index (χ2n) is 5.81. The lowest BCUT2D eigenvalue weighted by atomic mass is 10.00. The summed E-state index contributed by atoms with van der Waals surface area (Å²) in [6.07, 6.45) is 1.29. The van der Waals surface area contributed by atoms with Gasteiger partial charge in [0.1, 0.15) is 0 Å². The highest BCUT2D eigenvalue weighted by atomic mass is 35.5. The van der Waals surface area contributed by atoms with E-state index in [0.717, 1.165) is 24.9 Å². The summed E-state index contributed by atoms with van der Waals surface area (Å²) in [5.41, 5.74) is 1.13. The van der Waals surface area contributed by atoms with E-state index in [2.05, 4.69) is 0 Å². The summed E-state index contributed by atoms with van der Waals surface area (Å²) < 4.78 is 0. The molecule has 1 fully saturated rings. The summed E-state index contributed by atoms with van der Waals surface area (Å²) in [6.45, 7) is 5.21. The van der Waals surface area contributed by atoms with E-state index in [9.17, 15) is 9.90 Å². The van der Waals surface area contributed by atoms with Crippen molar-refractivity contribution in [1.29, 1.82) is 0 Å². The lowest BCUT2D eigenvalue weighted by Gasteiger charge is -2.21. The maximum atomic E-state index is 12.4. The molecule has 0 spiro atoms. The van der Waals surface area contributed by atoms with Crippen molar-refractivity contribution in [2.24, 2.45) is 11.8 Å². The number of amides is 1. The van der Waals surface area contributed by atoms with Crippen LogP contribution < -0.4 is 0 Å². The molecule has 1 N–H and O–H groups in total. The molecule has 0 aromatic heterocycles. The Hall–Kier alpha value is -1.06. The van der Waals surface area contributed by atoms with Gasteiger partial charge in [0.2, 0.25) is 5.91 Å². The predicted octanol–water partition coefficient (Wildman–Crippen LogP) is 2.75. The highest BCUT2D eigenvalue weighted by molar-refractivity contribution is 6.30. The number of hydrogen-bond acceptors (Lipinski definition) is 2. The van der Waals surface area contributed by atoms with Gasteiger partial charge in [-0.25, -0.2) is 0 Å². The van der Waals surface area contributed by atoms with Crippen LogP contribution in [0.5, 0.6) is 0 Å². The SMILES string of the molecule is CC(Cc1ccc(Cl)cc1)C(=O)N1CCC(C(C)O)C1. The van der Waals surface area contributed by atoms with Gasteiger partial charge in [-0.2, -0.15) is 0 Å². The Bertz CT molecular complexity index is 458. The van der Waals surface area contributed by atoms with E-state index in [4.69, 9.17) is 11.6 Å². The summed E-state index contributed by atoms with van der Waals surface area (Å²) in [5.74, 6) is 0.369. The Morgan fingerprint density at radius 2 is 2.05 bits per heavy atom. The van der Waals surface area contributed by atoms with Crippen LogP contribution in [0.25, 0.3) is 0 Å². The first kappa shape index (κ1) is 15.3. The van der Waals surface area contributed by atoms with Crippen LogP contribution in [-0.2, 0) is 11.2 Å². The average Bonchev–Trinajstić information content (AvgIpc) is 2.90. The van der Waals surface area contributed by atoms with Crippen LogP contribution in [0.4, 0.5) is 0 Å². The molecule has 1 aromatic carbocycles. The fraction of sp³-hybridized carbons (Fsp3) is 0.562. The third kappa shape index (κ3) is 3.74. The molecule has 4 heteroatoms. The zero-order chi connectivity index (χ0) is 14.7. The van der Waals surface area contributed by atoms with Crippen molar-refractivity contribution in [2.45, 2.75) is 32.8 Å². The Balaban J connectivity index is 1.91. The molecular formula is C16H22ClNO2. The van der Waals surface area contributed by atoms with Gasteiger partial charge in [0.05, 0.1) is 6.10 Å². The molecule has 0 bridgehead atoms. The lowest BCUT2D eigenvalue weighted by Crippen LogP contribution is -2.35. The fourth-order valence-corrected chi connectivity index (χ4v) is 2.88. The van der Waals surface area contributed by atoms with Crippen molar-refractivity contribution in [3.63, 3.8) is 0 Å². The standard InChI is InChI=1S/C16H22ClNO2/c1-11(9-13-3-5-15(17)6-4-13)16(20)18-8-7-14(10-18)12(2)19/h3-6,11-12,14,19H,7-10H2,1-2H3. The van der Waals surface area contributed by atoms with E-state index in [1.807, 2.05) is 36.1 Å². The van der Waals surface area contributed by atoms with E-state index < -0.39 is 0 Å². The molecule has 0 radical (unpaired) electrons. The first-order chi connectivity index (χ1) is 9.47. The van der Waals surface area contributed by atoms with Crippen molar-refractivity contribution >= 4 is 17.5 Å². The van der Waals surface area contributed by atoms with Gasteiger partial charge in [-0.1, -0.05) is 30.7 Å². The van der Waals surface area contributed by atoms with Crippen molar-refractivity contribution in [1.82, 2.24) is 4.90 Å². The van der Waals surface area contributed by atoms with Gasteiger partial charge < -0.3 is 10.0 Å². The molecule has 3 nitrogen and oxygen atoms in total. The quantitative estimate of drug-likeness (QED) is 0.928. The Labute approximate surface area is 125 Å². The largest absolute Gasteiger partial charge is 0.393 e. The number of hydrogen-bond donors (Lipinski definition) is 1. The number of halogens is 1. The van der Waals surface area contributed by atoms with Crippen molar-refractivity contribution in [2.75, 3.05) is 13.1 Å². The zero-order valence-electron chi connectivity index (χ0n) is 12.1. The molecule has 3 atom stereocenters.